The number of carbonyl (C=O) groups is 1. The SMILES string of the molecule is Cc1nocc1COc1ccc2c(c1C)CCN(C[C@@H](O)CCNC(=O)c1ccnc(NC3CCC3)c1)C2. The van der Waals surface area contributed by atoms with Crippen LogP contribution in [-0.4, -0.2) is 57.8 Å². The summed E-state index contributed by atoms with van der Waals surface area (Å²) in [5, 5.41) is 20.9. The number of nitrogens with zero attached hydrogens (tertiary/aromatic N) is 3. The lowest BCUT2D eigenvalue weighted by Crippen LogP contribution is -2.38. The van der Waals surface area contributed by atoms with Crippen molar-refractivity contribution in [2.75, 3.05) is 25.0 Å². The number of rotatable bonds is 11. The first-order chi connectivity index (χ1) is 18.5. The molecule has 1 aromatic carbocycles. The summed E-state index contributed by atoms with van der Waals surface area (Å²) >= 11 is 0. The van der Waals surface area contributed by atoms with E-state index in [9.17, 15) is 9.90 Å². The summed E-state index contributed by atoms with van der Waals surface area (Å²) in [6.45, 7) is 7.11. The number of aliphatic hydroxyl groups is 1. The molecule has 202 valence electrons. The number of hydrogen-bond donors (Lipinski definition) is 3. The van der Waals surface area contributed by atoms with Crippen LogP contribution in [0.1, 0.15) is 64.0 Å². The van der Waals surface area contributed by atoms with Gasteiger partial charge < -0.3 is 25.0 Å². The van der Waals surface area contributed by atoms with Gasteiger partial charge in [-0.1, -0.05) is 11.2 Å². The number of carbonyl (C=O) groups excluding carboxylic acids is 1. The number of aliphatic hydroxyl groups excluding tert-OH is 1. The third kappa shape index (κ3) is 6.34. The van der Waals surface area contributed by atoms with E-state index >= 15 is 0 Å². The number of nitrogens with one attached hydrogen (secondary N) is 2. The summed E-state index contributed by atoms with van der Waals surface area (Å²) in [5.74, 6) is 1.48. The van der Waals surface area contributed by atoms with Crippen LogP contribution >= 0.6 is 0 Å². The van der Waals surface area contributed by atoms with Crippen LogP contribution in [0.4, 0.5) is 5.82 Å². The molecule has 1 saturated carbocycles. The van der Waals surface area contributed by atoms with Crippen LogP contribution < -0.4 is 15.4 Å². The highest BCUT2D eigenvalue weighted by atomic mass is 16.5. The third-order valence-corrected chi connectivity index (χ3v) is 7.66. The highest BCUT2D eigenvalue weighted by Gasteiger charge is 2.22. The lowest BCUT2D eigenvalue weighted by molar-refractivity contribution is 0.0892. The summed E-state index contributed by atoms with van der Waals surface area (Å²) in [4.78, 5) is 19.2. The summed E-state index contributed by atoms with van der Waals surface area (Å²) in [5.41, 5.74) is 6.14. The molecule has 2 aromatic heterocycles. The number of fused-ring (bicyclic) bond motifs is 1. The smallest absolute Gasteiger partial charge is 0.251 e. The quantitative estimate of drug-likeness (QED) is 0.351. The van der Waals surface area contributed by atoms with Crippen LogP contribution in [0.25, 0.3) is 0 Å². The molecule has 2 aliphatic rings. The van der Waals surface area contributed by atoms with Crippen molar-refractivity contribution in [1.82, 2.24) is 20.4 Å². The molecule has 0 saturated heterocycles. The van der Waals surface area contributed by atoms with E-state index in [1.54, 1.807) is 24.6 Å². The van der Waals surface area contributed by atoms with Crippen molar-refractivity contribution < 1.29 is 19.2 Å². The van der Waals surface area contributed by atoms with E-state index in [0.29, 0.717) is 37.7 Å². The Balaban J connectivity index is 1.06. The number of pyridine rings is 1. The van der Waals surface area contributed by atoms with Gasteiger partial charge in [-0.05, 0) is 80.8 Å². The first-order valence-corrected chi connectivity index (χ1v) is 13.5. The van der Waals surface area contributed by atoms with Crippen molar-refractivity contribution in [2.45, 2.75) is 71.2 Å². The van der Waals surface area contributed by atoms with Gasteiger partial charge >= 0.3 is 0 Å². The summed E-state index contributed by atoms with van der Waals surface area (Å²) in [6.07, 6.45) is 7.73. The fourth-order valence-corrected chi connectivity index (χ4v) is 5.05. The maximum atomic E-state index is 12.6. The Hall–Kier alpha value is -3.43. The fraction of sp³-hybridized carbons (Fsp3) is 0.483. The Labute approximate surface area is 223 Å². The van der Waals surface area contributed by atoms with Gasteiger partial charge in [0.05, 0.1) is 17.4 Å². The molecular formula is C29H37N5O4. The van der Waals surface area contributed by atoms with E-state index in [-0.39, 0.29) is 5.91 Å². The van der Waals surface area contributed by atoms with E-state index < -0.39 is 6.10 Å². The Morgan fingerprint density at radius 2 is 2.16 bits per heavy atom. The maximum absolute atomic E-state index is 12.6. The predicted octanol–water partition coefficient (Wildman–Crippen LogP) is 3.77. The zero-order valence-electron chi connectivity index (χ0n) is 22.2. The normalized spacial score (nSPS) is 16.4. The number of aryl methyl sites for hydroxylation is 1. The largest absolute Gasteiger partial charge is 0.488 e. The molecule has 0 bridgehead atoms. The monoisotopic (exact) mass is 519 g/mol. The van der Waals surface area contributed by atoms with E-state index in [2.05, 4.69) is 38.7 Å². The summed E-state index contributed by atoms with van der Waals surface area (Å²) < 4.78 is 11.0. The molecule has 1 atom stereocenters. The summed E-state index contributed by atoms with van der Waals surface area (Å²) in [7, 11) is 0. The molecule has 3 heterocycles. The molecule has 1 aliphatic carbocycles. The molecule has 1 aliphatic heterocycles. The van der Waals surface area contributed by atoms with Crippen LogP contribution in [0.3, 0.4) is 0 Å². The maximum Gasteiger partial charge on any atom is 0.251 e. The Kier molecular flexibility index (Phi) is 8.24. The third-order valence-electron chi connectivity index (χ3n) is 7.66. The van der Waals surface area contributed by atoms with Crippen LogP contribution in [-0.2, 0) is 19.6 Å². The molecule has 9 heteroatoms. The van der Waals surface area contributed by atoms with Crippen LogP contribution in [0.5, 0.6) is 5.75 Å². The van der Waals surface area contributed by atoms with Crippen LogP contribution in [0.2, 0.25) is 0 Å². The van der Waals surface area contributed by atoms with Crippen molar-refractivity contribution in [3.63, 3.8) is 0 Å². The average Bonchev–Trinajstić information content (AvgIpc) is 3.30. The average molecular weight is 520 g/mol. The minimum Gasteiger partial charge on any atom is -0.488 e. The van der Waals surface area contributed by atoms with Gasteiger partial charge in [0, 0.05) is 44.0 Å². The van der Waals surface area contributed by atoms with E-state index in [1.165, 1.54) is 23.1 Å². The number of hydrogen-bond acceptors (Lipinski definition) is 8. The minimum absolute atomic E-state index is 0.143. The lowest BCUT2D eigenvalue weighted by Gasteiger charge is -2.31. The molecular weight excluding hydrogens is 482 g/mol. The predicted molar refractivity (Wildman–Crippen MR) is 144 cm³/mol. The van der Waals surface area contributed by atoms with Gasteiger partial charge in [0.1, 0.15) is 24.4 Å². The van der Waals surface area contributed by atoms with Crippen molar-refractivity contribution in [2.24, 2.45) is 0 Å². The molecule has 3 N–H and O–H groups in total. The second-order valence-corrected chi connectivity index (χ2v) is 10.4. The zero-order valence-corrected chi connectivity index (χ0v) is 22.2. The number of benzene rings is 1. The molecule has 1 fully saturated rings. The first kappa shape index (κ1) is 26.2. The molecule has 5 rings (SSSR count). The second kappa shape index (κ2) is 12.0. The van der Waals surface area contributed by atoms with Crippen molar-refractivity contribution >= 4 is 11.7 Å². The molecule has 38 heavy (non-hydrogen) atoms. The van der Waals surface area contributed by atoms with Crippen molar-refractivity contribution in [3.8, 4) is 5.75 Å². The standard InChI is InChI=1S/C29H37N5O4/c1-19-26-10-13-34(15-22(26)6-7-27(19)37-17-23-18-38-33-20(23)2)16-25(35)9-12-31-29(36)21-8-11-30-28(14-21)32-24-4-3-5-24/h6-8,11,14,18,24-25,35H,3-5,9-10,12-13,15-17H2,1-2H3,(H,30,32)(H,31,36)/t25-/m0/s1. The lowest BCUT2D eigenvalue weighted by atomic mass is 9.93. The van der Waals surface area contributed by atoms with E-state index in [1.807, 2.05) is 13.0 Å². The highest BCUT2D eigenvalue weighted by Crippen LogP contribution is 2.30. The zero-order chi connectivity index (χ0) is 26.5. The van der Waals surface area contributed by atoms with Gasteiger partial charge in [0.2, 0.25) is 0 Å². The Morgan fingerprint density at radius 1 is 1.29 bits per heavy atom. The second-order valence-electron chi connectivity index (χ2n) is 10.4. The van der Waals surface area contributed by atoms with Gasteiger partial charge in [-0.15, -0.1) is 0 Å². The first-order valence-electron chi connectivity index (χ1n) is 13.5. The van der Waals surface area contributed by atoms with Crippen molar-refractivity contribution in [1.29, 1.82) is 0 Å². The molecule has 0 unspecified atom stereocenters. The van der Waals surface area contributed by atoms with Gasteiger partial charge in [-0.3, -0.25) is 9.69 Å². The molecule has 0 spiro atoms. The Morgan fingerprint density at radius 3 is 2.92 bits per heavy atom. The highest BCUT2D eigenvalue weighted by molar-refractivity contribution is 5.94. The Bertz CT molecular complexity index is 1260. The van der Waals surface area contributed by atoms with Gasteiger partial charge in [0.15, 0.2) is 0 Å². The van der Waals surface area contributed by atoms with Crippen LogP contribution in [0, 0.1) is 13.8 Å². The summed E-state index contributed by atoms with van der Waals surface area (Å²) in [6, 6.07) is 8.13. The van der Waals surface area contributed by atoms with Gasteiger partial charge in [-0.25, -0.2) is 4.98 Å². The number of amides is 1. The van der Waals surface area contributed by atoms with E-state index in [0.717, 1.165) is 55.2 Å². The van der Waals surface area contributed by atoms with Crippen molar-refractivity contribution in [3.05, 3.63) is 70.2 Å². The molecule has 1 amide bonds. The fourth-order valence-electron chi connectivity index (χ4n) is 5.05. The van der Waals surface area contributed by atoms with Gasteiger partial charge in [0.25, 0.3) is 5.91 Å². The van der Waals surface area contributed by atoms with Crippen LogP contribution in [0.15, 0.2) is 41.2 Å². The number of ether oxygens (including phenoxy) is 1. The van der Waals surface area contributed by atoms with Gasteiger partial charge in [-0.2, -0.15) is 0 Å². The molecule has 3 aromatic rings. The number of aromatic nitrogens is 2. The number of anilines is 1. The molecule has 0 radical (unpaired) electrons. The molecule has 9 nitrogen and oxygen atoms in total. The topological polar surface area (TPSA) is 113 Å². The van der Waals surface area contributed by atoms with E-state index in [4.69, 9.17) is 9.26 Å². The minimum atomic E-state index is -0.513. The number of β-amino-alcohol motifs (C(OH)–C–C–N with tert-alkyl or cyclic N) is 1.